The number of methoxy groups -OCH3 is 1. The van der Waals surface area contributed by atoms with Crippen molar-refractivity contribution in [3.8, 4) is 5.75 Å². The van der Waals surface area contributed by atoms with E-state index in [-0.39, 0.29) is 5.41 Å². The lowest BCUT2D eigenvalue weighted by atomic mass is 9.84. The molecule has 2 aliphatic rings. The molecular weight excluding hydrogens is 472 g/mol. The van der Waals surface area contributed by atoms with Crippen molar-refractivity contribution in [3.05, 3.63) is 71.2 Å². The molecule has 4 heterocycles. The molecule has 2 aliphatic heterocycles. The van der Waals surface area contributed by atoms with E-state index in [1.165, 1.54) is 35.2 Å². The van der Waals surface area contributed by atoms with Crippen LogP contribution in [0.3, 0.4) is 0 Å². The molecule has 38 heavy (non-hydrogen) atoms. The average Bonchev–Trinajstić information content (AvgIpc) is 3.40. The van der Waals surface area contributed by atoms with Crippen molar-refractivity contribution in [2.45, 2.75) is 64.5 Å². The molecule has 0 unspecified atom stereocenters. The van der Waals surface area contributed by atoms with E-state index in [0.717, 1.165) is 48.1 Å². The largest absolute Gasteiger partial charge is 0.497 e. The highest BCUT2D eigenvalue weighted by Gasteiger charge is 2.41. The van der Waals surface area contributed by atoms with E-state index in [9.17, 15) is 0 Å². The maximum absolute atomic E-state index is 5.37. The summed E-state index contributed by atoms with van der Waals surface area (Å²) >= 11 is 0. The molecular formula is C31H38N6O. The van der Waals surface area contributed by atoms with Crippen molar-refractivity contribution in [2.75, 3.05) is 30.0 Å². The van der Waals surface area contributed by atoms with Gasteiger partial charge >= 0.3 is 0 Å². The van der Waals surface area contributed by atoms with Gasteiger partial charge in [-0.25, -0.2) is 9.97 Å². The zero-order chi connectivity index (χ0) is 26.6. The molecule has 2 bridgehead atoms. The molecule has 0 saturated carbocycles. The van der Waals surface area contributed by atoms with Crippen molar-refractivity contribution in [1.29, 1.82) is 0 Å². The maximum Gasteiger partial charge on any atom is 0.227 e. The van der Waals surface area contributed by atoms with Gasteiger partial charge in [0.15, 0.2) is 5.65 Å². The normalized spacial score (nSPS) is 19.4. The van der Waals surface area contributed by atoms with Crippen LogP contribution in [0.25, 0.3) is 11.2 Å². The van der Waals surface area contributed by atoms with Crippen molar-refractivity contribution in [2.24, 2.45) is 7.05 Å². The van der Waals surface area contributed by atoms with Gasteiger partial charge in [-0.3, -0.25) is 0 Å². The van der Waals surface area contributed by atoms with Crippen LogP contribution in [-0.4, -0.2) is 51.8 Å². The molecule has 0 N–H and O–H groups in total. The number of piperazine rings is 1. The molecule has 2 atom stereocenters. The van der Waals surface area contributed by atoms with Crippen LogP contribution in [0.4, 0.5) is 11.6 Å². The molecule has 198 valence electrons. The van der Waals surface area contributed by atoms with E-state index in [4.69, 9.17) is 14.7 Å². The van der Waals surface area contributed by atoms with E-state index in [2.05, 4.69) is 89.5 Å². The summed E-state index contributed by atoms with van der Waals surface area (Å²) in [6, 6.07) is 16.2. The fourth-order valence-electron chi connectivity index (χ4n) is 6.14. The number of hydrogen-bond donors (Lipinski definition) is 0. The number of hydrogen-bond acceptors (Lipinski definition) is 6. The van der Waals surface area contributed by atoms with Gasteiger partial charge in [0.05, 0.1) is 19.1 Å². The lowest BCUT2D eigenvalue weighted by molar-refractivity contribution is 0.414. The van der Waals surface area contributed by atoms with Gasteiger partial charge in [0.1, 0.15) is 11.3 Å². The Morgan fingerprint density at radius 1 is 0.974 bits per heavy atom. The van der Waals surface area contributed by atoms with E-state index < -0.39 is 0 Å². The first-order valence-electron chi connectivity index (χ1n) is 13.7. The number of fused-ring (bicyclic) bond motifs is 3. The predicted octanol–water partition coefficient (Wildman–Crippen LogP) is 5.43. The van der Waals surface area contributed by atoms with Crippen LogP contribution in [0.2, 0.25) is 0 Å². The number of imidazole rings is 1. The number of rotatable bonds is 5. The Hall–Kier alpha value is -3.61. The van der Waals surface area contributed by atoms with Crippen LogP contribution in [0.15, 0.2) is 48.8 Å². The quantitative estimate of drug-likeness (QED) is 0.357. The molecule has 7 nitrogen and oxygen atoms in total. The van der Waals surface area contributed by atoms with Gasteiger partial charge < -0.3 is 19.1 Å². The topological polar surface area (TPSA) is 59.3 Å². The van der Waals surface area contributed by atoms with E-state index in [1.807, 2.05) is 13.4 Å². The van der Waals surface area contributed by atoms with Crippen LogP contribution in [0, 0.1) is 6.92 Å². The molecule has 0 radical (unpaired) electrons. The van der Waals surface area contributed by atoms with Gasteiger partial charge in [0, 0.05) is 44.3 Å². The number of aryl methyl sites for hydroxylation is 2. The first-order chi connectivity index (χ1) is 18.2. The Labute approximate surface area is 225 Å². The lowest BCUT2D eigenvalue weighted by Crippen LogP contribution is -2.54. The minimum atomic E-state index is 0.101. The Balaban J connectivity index is 1.32. The highest BCUT2D eigenvalue weighted by atomic mass is 16.5. The molecule has 2 fully saturated rings. The molecule has 0 amide bonds. The Bertz CT molecular complexity index is 1450. The van der Waals surface area contributed by atoms with Gasteiger partial charge in [-0.15, -0.1) is 0 Å². The maximum atomic E-state index is 5.37. The summed E-state index contributed by atoms with van der Waals surface area (Å²) in [5.41, 5.74) is 8.17. The average molecular weight is 511 g/mol. The van der Waals surface area contributed by atoms with Crippen LogP contribution in [0.5, 0.6) is 5.75 Å². The summed E-state index contributed by atoms with van der Waals surface area (Å²) in [5.74, 6) is 1.70. The number of aromatic nitrogens is 4. The van der Waals surface area contributed by atoms with Crippen molar-refractivity contribution in [1.82, 2.24) is 19.5 Å². The predicted molar refractivity (Wildman–Crippen MR) is 153 cm³/mol. The number of ether oxygens (including phenoxy) is 1. The van der Waals surface area contributed by atoms with E-state index >= 15 is 0 Å². The first kappa shape index (κ1) is 24.7. The van der Waals surface area contributed by atoms with E-state index in [1.54, 1.807) is 7.11 Å². The lowest BCUT2D eigenvalue weighted by Gasteiger charge is -2.42. The third kappa shape index (κ3) is 4.38. The van der Waals surface area contributed by atoms with Crippen molar-refractivity contribution >= 4 is 22.8 Å². The summed E-state index contributed by atoms with van der Waals surface area (Å²) in [4.78, 5) is 19.8. The fourth-order valence-corrected chi connectivity index (χ4v) is 6.14. The highest BCUT2D eigenvalue weighted by Crippen LogP contribution is 2.37. The van der Waals surface area contributed by atoms with Crippen LogP contribution < -0.4 is 14.5 Å². The molecule has 2 saturated heterocycles. The van der Waals surface area contributed by atoms with Crippen molar-refractivity contribution in [3.63, 3.8) is 0 Å². The Kier molecular flexibility index (Phi) is 6.04. The standard InChI is InChI=1S/C31H38N6O/c1-20-7-8-22(31(2,3)4)15-21(20)16-27-28-29(32-19-35(28)5)34-30(33-27)36-17-24-9-10-25(18-36)37(24)23-11-13-26(38-6)14-12-23/h7-8,11-15,19,24-25H,9-10,16-18H2,1-6H3/t24-,25+. The number of benzene rings is 2. The van der Waals surface area contributed by atoms with Crippen molar-refractivity contribution < 1.29 is 4.74 Å². The summed E-state index contributed by atoms with van der Waals surface area (Å²) < 4.78 is 7.43. The van der Waals surface area contributed by atoms with Crippen LogP contribution in [0.1, 0.15) is 56.0 Å². The Morgan fingerprint density at radius 3 is 2.34 bits per heavy atom. The minimum absolute atomic E-state index is 0.101. The molecule has 2 aromatic carbocycles. The number of anilines is 2. The smallest absolute Gasteiger partial charge is 0.227 e. The SMILES string of the molecule is COc1ccc(N2[C@@H]3CC[C@H]2CN(c2nc(Cc4cc(C(C)(C)C)ccc4C)c4c(ncn4C)n2)C3)cc1. The van der Waals surface area contributed by atoms with Gasteiger partial charge in [-0.1, -0.05) is 39.0 Å². The zero-order valence-corrected chi connectivity index (χ0v) is 23.4. The zero-order valence-electron chi connectivity index (χ0n) is 23.4. The highest BCUT2D eigenvalue weighted by molar-refractivity contribution is 5.76. The second-order valence-corrected chi connectivity index (χ2v) is 12.0. The first-order valence-corrected chi connectivity index (χ1v) is 13.7. The van der Waals surface area contributed by atoms with Gasteiger partial charge in [-0.2, -0.15) is 4.98 Å². The molecule has 6 rings (SSSR count). The van der Waals surface area contributed by atoms with Gasteiger partial charge in [0.2, 0.25) is 5.95 Å². The van der Waals surface area contributed by atoms with E-state index in [0.29, 0.717) is 12.1 Å². The summed E-state index contributed by atoms with van der Waals surface area (Å²) in [7, 11) is 3.75. The molecule has 4 aromatic rings. The molecule has 7 heteroatoms. The summed E-state index contributed by atoms with van der Waals surface area (Å²) in [6.07, 6.45) is 4.99. The molecule has 2 aromatic heterocycles. The fraction of sp³-hybridized carbons (Fsp3) is 0.452. The van der Waals surface area contributed by atoms with Crippen LogP contribution >= 0.6 is 0 Å². The second-order valence-electron chi connectivity index (χ2n) is 12.0. The monoisotopic (exact) mass is 510 g/mol. The third-order valence-electron chi connectivity index (χ3n) is 8.34. The van der Waals surface area contributed by atoms with Crippen LogP contribution in [-0.2, 0) is 18.9 Å². The third-order valence-corrected chi connectivity index (χ3v) is 8.34. The molecule has 0 spiro atoms. The minimum Gasteiger partial charge on any atom is -0.497 e. The van der Waals surface area contributed by atoms with Gasteiger partial charge in [0.25, 0.3) is 0 Å². The summed E-state index contributed by atoms with van der Waals surface area (Å²) in [6.45, 7) is 10.8. The summed E-state index contributed by atoms with van der Waals surface area (Å²) in [5, 5.41) is 0. The molecule has 0 aliphatic carbocycles. The second kappa shape index (κ2) is 9.29. The number of nitrogens with zero attached hydrogens (tertiary/aromatic N) is 6. The Morgan fingerprint density at radius 2 is 1.68 bits per heavy atom. The van der Waals surface area contributed by atoms with Gasteiger partial charge in [-0.05, 0) is 66.1 Å².